The first-order valence-corrected chi connectivity index (χ1v) is 5.65. The Kier molecular flexibility index (Phi) is 3.14. The molecule has 0 amide bonds. The van der Waals surface area contributed by atoms with E-state index < -0.39 is 0 Å². The van der Waals surface area contributed by atoms with Gasteiger partial charge in [-0.3, -0.25) is 0 Å². The second-order valence-electron chi connectivity index (χ2n) is 3.12. The van der Waals surface area contributed by atoms with Gasteiger partial charge in [0.15, 0.2) is 5.82 Å². The predicted octanol–water partition coefficient (Wildman–Crippen LogP) is 1.63. The molecule has 2 aromatic heterocycles. The third-order valence-corrected chi connectivity index (χ3v) is 2.97. The second-order valence-corrected chi connectivity index (χ2v) is 3.91. The molecule has 2 rings (SSSR count). The zero-order chi connectivity index (χ0) is 11.5. The highest BCUT2D eigenvalue weighted by atomic mass is 79.9. The van der Waals surface area contributed by atoms with Crippen LogP contribution in [-0.2, 0) is 6.42 Å². The largest absolute Gasteiger partial charge is 0.372 e. The first-order chi connectivity index (χ1) is 7.76. The topological polar surface area (TPSA) is 79.4 Å². The van der Waals surface area contributed by atoms with Crippen LogP contribution in [0.15, 0.2) is 10.7 Å². The van der Waals surface area contributed by atoms with Crippen molar-refractivity contribution in [3.63, 3.8) is 0 Å². The number of rotatable bonds is 3. The van der Waals surface area contributed by atoms with Crippen LogP contribution in [0.1, 0.15) is 12.6 Å². The highest BCUT2D eigenvalue weighted by molar-refractivity contribution is 9.10. The van der Waals surface area contributed by atoms with Gasteiger partial charge in [0.05, 0.1) is 16.4 Å². The molecule has 0 saturated heterocycles. The van der Waals surface area contributed by atoms with Crippen LogP contribution in [-0.4, -0.2) is 32.4 Å². The van der Waals surface area contributed by atoms with Gasteiger partial charge in [-0.25, -0.2) is 9.97 Å². The highest BCUT2D eigenvalue weighted by Crippen LogP contribution is 2.26. The number of H-pyrrole nitrogens is 1. The number of aromatic amines is 1. The van der Waals surface area contributed by atoms with E-state index in [-0.39, 0.29) is 0 Å². The van der Waals surface area contributed by atoms with Gasteiger partial charge in [0, 0.05) is 7.05 Å². The van der Waals surface area contributed by atoms with E-state index in [1.54, 1.807) is 6.20 Å². The van der Waals surface area contributed by atoms with Crippen LogP contribution in [0.25, 0.3) is 11.5 Å². The van der Waals surface area contributed by atoms with Crippen molar-refractivity contribution in [3.05, 3.63) is 16.4 Å². The molecule has 0 aliphatic rings. The van der Waals surface area contributed by atoms with E-state index in [0.29, 0.717) is 11.5 Å². The summed E-state index contributed by atoms with van der Waals surface area (Å²) in [6, 6.07) is 0. The maximum atomic E-state index is 4.42. The van der Waals surface area contributed by atoms with Gasteiger partial charge < -0.3 is 5.32 Å². The lowest BCUT2D eigenvalue weighted by Gasteiger charge is -2.08. The molecular weight excluding hydrogens is 272 g/mol. The fourth-order valence-electron chi connectivity index (χ4n) is 1.32. The summed E-state index contributed by atoms with van der Waals surface area (Å²) in [6.07, 6.45) is 2.42. The van der Waals surface area contributed by atoms with Crippen molar-refractivity contribution in [3.8, 4) is 11.5 Å². The molecule has 2 aromatic rings. The fourth-order valence-corrected chi connectivity index (χ4v) is 1.97. The van der Waals surface area contributed by atoms with Gasteiger partial charge in [0.2, 0.25) is 0 Å². The molecule has 0 aliphatic heterocycles. The van der Waals surface area contributed by atoms with Crippen LogP contribution in [0, 0.1) is 0 Å². The molecule has 0 fully saturated rings. The molecule has 0 aromatic carbocycles. The maximum Gasteiger partial charge on any atom is 0.184 e. The van der Waals surface area contributed by atoms with E-state index >= 15 is 0 Å². The van der Waals surface area contributed by atoms with Gasteiger partial charge in [0.25, 0.3) is 0 Å². The zero-order valence-electron chi connectivity index (χ0n) is 8.95. The van der Waals surface area contributed by atoms with Crippen molar-refractivity contribution in [2.75, 3.05) is 12.4 Å². The summed E-state index contributed by atoms with van der Waals surface area (Å²) >= 11 is 3.47. The number of anilines is 1. The highest BCUT2D eigenvalue weighted by Gasteiger charge is 2.12. The van der Waals surface area contributed by atoms with E-state index in [9.17, 15) is 0 Å². The molecule has 2 N–H and O–H groups in total. The molecule has 0 saturated carbocycles. The van der Waals surface area contributed by atoms with Gasteiger partial charge >= 0.3 is 0 Å². The third-order valence-electron chi connectivity index (χ3n) is 2.14. The van der Waals surface area contributed by atoms with E-state index in [0.717, 1.165) is 22.4 Å². The molecule has 0 spiro atoms. The van der Waals surface area contributed by atoms with Crippen molar-refractivity contribution >= 4 is 21.7 Å². The summed E-state index contributed by atoms with van der Waals surface area (Å²) in [5.41, 5.74) is 1.58. The quantitative estimate of drug-likeness (QED) is 0.895. The minimum atomic E-state index is 0.568. The van der Waals surface area contributed by atoms with Crippen molar-refractivity contribution in [2.24, 2.45) is 0 Å². The van der Waals surface area contributed by atoms with Crippen LogP contribution in [0.5, 0.6) is 0 Å². The summed E-state index contributed by atoms with van der Waals surface area (Å²) in [4.78, 5) is 8.77. The average molecular weight is 283 g/mol. The summed E-state index contributed by atoms with van der Waals surface area (Å²) in [7, 11) is 1.82. The number of nitrogens with one attached hydrogen (secondary N) is 2. The third kappa shape index (κ3) is 1.90. The molecule has 16 heavy (non-hydrogen) atoms. The number of aromatic nitrogens is 5. The number of hydrogen-bond donors (Lipinski definition) is 2. The standard InChI is InChI=1S/C9H11BrN6/c1-3-5-7(10)9(11-2)14-8(13-5)6-4-12-16-15-6/h4H,3H2,1-2H3,(H,11,13,14)(H,12,15,16). The van der Waals surface area contributed by atoms with Gasteiger partial charge in [-0.15, -0.1) is 0 Å². The van der Waals surface area contributed by atoms with Crippen LogP contribution in [0.3, 0.4) is 0 Å². The lowest BCUT2D eigenvalue weighted by atomic mass is 10.3. The molecule has 2 heterocycles. The lowest BCUT2D eigenvalue weighted by Crippen LogP contribution is -2.02. The molecule has 0 aliphatic carbocycles. The molecule has 7 heteroatoms. The maximum absolute atomic E-state index is 4.42. The van der Waals surface area contributed by atoms with E-state index in [1.165, 1.54) is 0 Å². The minimum Gasteiger partial charge on any atom is -0.372 e. The van der Waals surface area contributed by atoms with E-state index in [1.807, 2.05) is 14.0 Å². The fraction of sp³-hybridized carbons (Fsp3) is 0.333. The molecule has 0 radical (unpaired) electrons. The first-order valence-electron chi connectivity index (χ1n) is 4.86. The normalized spacial score (nSPS) is 10.4. The lowest BCUT2D eigenvalue weighted by molar-refractivity contribution is 0.932. The Morgan fingerprint density at radius 1 is 1.44 bits per heavy atom. The smallest absolute Gasteiger partial charge is 0.184 e. The molecule has 84 valence electrons. The van der Waals surface area contributed by atoms with E-state index in [2.05, 4.69) is 46.6 Å². The molecule has 0 unspecified atom stereocenters. The van der Waals surface area contributed by atoms with Crippen molar-refractivity contribution in [2.45, 2.75) is 13.3 Å². The molecule has 0 bridgehead atoms. The Labute approximate surface area is 101 Å². The Bertz CT molecular complexity index is 456. The van der Waals surface area contributed by atoms with Gasteiger partial charge in [-0.1, -0.05) is 6.92 Å². The zero-order valence-corrected chi connectivity index (χ0v) is 10.5. The van der Waals surface area contributed by atoms with Crippen molar-refractivity contribution < 1.29 is 0 Å². The van der Waals surface area contributed by atoms with Crippen LogP contribution >= 0.6 is 15.9 Å². The van der Waals surface area contributed by atoms with Crippen molar-refractivity contribution in [1.82, 2.24) is 25.4 Å². The Morgan fingerprint density at radius 2 is 2.25 bits per heavy atom. The average Bonchev–Trinajstić information content (AvgIpc) is 2.83. The van der Waals surface area contributed by atoms with Gasteiger partial charge in [-0.05, 0) is 22.4 Å². The summed E-state index contributed by atoms with van der Waals surface area (Å²) in [5, 5.41) is 13.3. The Balaban J connectivity index is 2.56. The minimum absolute atomic E-state index is 0.568. The monoisotopic (exact) mass is 282 g/mol. The summed E-state index contributed by atoms with van der Waals surface area (Å²) in [6.45, 7) is 2.04. The van der Waals surface area contributed by atoms with Crippen molar-refractivity contribution in [1.29, 1.82) is 0 Å². The molecule has 6 nitrogen and oxygen atoms in total. The number of hydrogen-bond acceptors (Lipinski definition) is 5. The van der Waals surface area contributed by atoms with Crippen LogP contribution < -0.4 is 5.32 Å². The predicted molar refractivity (Wildman–Crippen MR) is 64.0 cm³/mol. The number of nitrogens with zero attached hydrogens (tertiary/aromatic N) is 4. The van der Waals surface area contributed by atoms with Gasteiger partial charge in [0.1, 0.15) is 11.5 Å². The number of aryl methyl sites for hydroxylation is 1. The van der Waals surface area contributed by atoms with Crippen LogP contribution in [0.4, 0.5) is 5.82 Å². The SMILES string of the molecule is CCc1nc(-c2cn[nH]n2)nc(NC)c1Br. The first kappa shape index (κ1) is 11.0. The second kappa shape index (κ2) is 4.56. The number of halogens is 1. The molecular formula is C9H11BrN6. The summed E-state index contributed by atoms with van der Waals surface area (Å²) in [5.74, 6) is 1.32. The van der Waals surface area contributed by atoms with Gasteiger partial charge in [-0.2, -0.15) is 15.4 Å². The Morgan fingerprint density at radius 3 is 2.81 bits per heavy atom. The molecule has 0 atom stereocenters. The Hall–Kier alpha value is -1.50. The van der Waals surface area contributed by atoms with Crippen LogP contribution in [0.2, 0.25) is 0 Å². The summed E-state index contributed by atoms with van der Waals surface area (Å²) < 4.78 is 0.893. The van der Waals surface area contributed by atoms with E-state index in [4.69, 9.17) is 0 Å².